The Labute approximate surface area is 103 Å². The summed E-state index contributed by atoms with van der Waals surface area (Å²) in [6.45, 7) is 0.726. The molecule has 0 aliphatic heterocycles. The van der Waals surface area contributed by atoms with Crippen molar-refractivity contribution in [2.24, 2.45) is 5.73 Å². The van der Waals surface area contributed by atoms with Crippen molar-refractivity contribution in [3.05, 3.63) is 40.5 Å². The first-order valence-corrected chi connectivity index (χ1v) is 5.91. The molecule has 82 valence electrons. The molecule has 0 fully saturated rings. The van der Waals surface area contributed by atoms with E-state index in [4.69, 9.17) is 18.0 Å². The van der Waals surface area contributed by atoms with E-state index in [0.29, 0.717) is 4.99 Å². The SMILES string of the molecule is NC(=S)c1ccc(NCc2cncs2)nc1. The first-order chi connectivity index (χ1) is 7.75. The number of nitrogens with zero attached hydrogens (tertiary/aromatic N) is 2. The first-order valence-electron chi connectivity index (χ1n) is 4.63. The van der Waals surface area contributed by atoms with Crippen molar-refractivity contribution in [3.63, 3.8) is 0 Å². The van der Waals surface area contributed by atoms with E-state index < -0.39 is 0 Å². The second kappa shape index (κ2) is 5.00. The van der Waals surface area contributed by atoms with Gasteiger partial charge in [-0.15, -0.1) is 11.3 Å². The Kier molecular flexibility index (Phi) is 3.43. The van der Waals surface area contributed by atoms with Crippen LogP contribution < -0.4 is 11.1 Å². The third-order valence-corrected chi connectivity index (χ3v) is 2.99. The molecule has 2 rings (SSSR count). The second-order valence-corrected chi connectivity index (χ2v) is 4.53. The Morgan fingerprint density at radius 2 is 2.31 bits per heavy atom. The van der Waals surface area contributed by atoms with Gasteiger partial charge in [0.15, 0.2) is 0 Å². The number of pyridine rings is 1. The van der Waals surface area contributed by atoms with Crippen molar-refractivity contribution < 1.29 is 0 Å². The molecule has 0 amide bonds. The highest BCUT2D eigenvalue weighted by Gasteiger charge is 1.99. The van der Waals surface area contributed by atoms with E-state index >= 15 is 0 Å². The smallest absolute Gasteiger partial charge is 0.126 e. The highest BCUT2D eigenvalue weighted by molar-refractivity contribution is 7.80. The molecule has 0 unspecified atom stereocenters. The lowest BCUT2D eigenvalue weighted by Gasteiger charge is -2.04. The Bertz CT molecular complexity index is 464. The number of thiazole rings is 1. The highest BCUT2D eigenvalue weighted by Crippen LogP contribution is 2.10. The molecule has 3 N–H and O–H groups in total. The maximum atomic E-state index is 5.48. The van der Waals surface area contributed by atoms with Crippen LogP contribution in [-0.4, -0.2) is 15.0 Å². The molecule has 0 spiro atoms. The Balaban J connectivity index is 1.98. The molecule has 0 aliphatic carbocycles. The van der Waals surface area contributed by atoms with Gasteiger partial charge in [-0.3, -0.25) is 4.98 Å². The first kappa shape index (κ1) is 11.0. The van der Waals surface area contributed by atoms with E-state index in [2.05, 4.69) is 15.3 Å². The average molecular weight is 250 g/mol. The molecule has 0 aliphatic rings. The summed E-state index contributed by atoms with van der Waals surface area (Å²) in [5.74, 6) is 0.799. The Hall–Kier alpha value is -1.53. The topological polar surface area (TPSA) is 63.8 Å². The van der Waals surface area contributed by atoms with Gasteiger partial charge in [-0.05, 0) is 12.1 Å². The number of hydrogen-bond donors (Lipinski definition) is 2. The third kappa shape index (κ3) is 2.74. The van der Waals surface area contributed by atoms with Crippen LogP contribution in [0.3, 0.4) is 0 Å². The summed E-state index contributed by atoms with van der Waals surface area (Å²) in [6.07, 6.45) is 3.50. The molecule has 0 saturated heterocycles. The molecular weight excluding hydrogens is 240 g/mol. The molecule has 16 heavy (non-hydrogen) atoms. The Morgan fingerprint density at radius 1 is 1.44 bits per heavy atom. The molecule has 0 atom stereocenters. The number of anilines is 1. The van der Waals surface area contributed by atoms with Crippen LogP contribution in [0.1, 0.15) is 10.4 Å². The van der Waals surface area contributed by atoms with Gasteiger partial charge in [0.2, 0.25) is 0 Å². The number of hydrogen-bond acceptors (Lipinski definition) is 5. The van der Waals surface area contributed by atoms with Crippen LogP contribution in [0.15, 0.2) is 30.0 Å². The number of nitrogens with two attached hydrogens (primary N) is 1. The quantitative estimate of drug-likeness (QED) is 0.810. The van der Waals surface area contributed by atoms with Gasteiger partial charge < -0.3 is 11.1 Å². The minimum absolute atomic E-state index is 0.363. The van der Waals surface area contributed by atoms with E-state index in [1.165, 1.54) is 4.88 Å². The summed E-state index contributed by atoms with van der Waals surface area (Å²) in [5, 5.41) is 3.19. The van der Waals surface area contributed by atoms with Gasteiger partial charge in [0.1, 0.15) is 10.8 Å². The predicted octanol–water partition coefficient (Wildman–Crippen LogP) is 1.78. The van der Waals surface area contributed by atoms with E-state index in [1.807, 2.05) is 18.3 Å². The molecule has 0 bridgehead atoms. The van der Waals surface area contributed by atoms with Crippen LogP contribution in [0, 0.1) is 0 Å². The van der Waals surface area contributed by atoms with Crippen molar-refractivity contribution in [2.75, 3.05) is 5.32 Å². The normalized spacial score (nSPS) is 10.0. The summed E-state index contributed by atoms with van der Waals surface area (Å²) in [4.78, 5) is 9.73. The summed E-state index contributed by atoms with van der Waals surface area (Å²) < 4.78 is 0. The monoisotopic (exact) mass is 250 g/mol. The van der Waals surface area contributed by atoms with Crippen LogP contribution in [0.2, 0.25) is 0 Å². The number of rotatable bonds is 4. The molecule has 2 heterocycles. The largest absolute Gasteiger partial charge is 0.389 e. The number of aromatic nitrogens is 2. The summed E-state index contributed by atoms with van der Waals surface area (Å²) in [5.41, 5.74) is 8.06. The zero-order valence-corrected chi connectivity index (χ0v) is 10.0. The molecule has 0 radical (unpaired) electrons. The van der Waals surface area contributed by atoms with Gasteiger partial charge in [-0.2, -0.15) is 0 Å². The van der Waals surface area contributed by atoms with Gasteiger partial charge in [-0.1, -0.05) is 12.2 Å². The Morgan fingerprint density at radius 3 is 2.88 bits per heavy atom. The zero-order valence-electron chi connectivity index (χ0n) is 8.38. The molecule has 0 aromatic carbocycles. The average Bonchev–Trinajstić information content (AvgIpc) is 2.80. The third-order valence-electron chi connectivity index (χ3n) is 1.98. The van der Waals surface area contributed by atoms with Gasteiger partial charge in [0.05, 0.1) is 12.1 Å². The van der Waals surface area contributed by atoms with Crippen molar-refractivity contribution in [2.45, 2.75) is 6.54 Å². The lowest BCUT2D eigenvalue weighted by molar-refractivity contribution is 1.13. The van der Waals surface area contributed by atoms with Crippen molar-refractivity contribution in [3.8, 4) is 0 Å². The predicted molar refractivity (Wildman–Crippen MR) is 69.6 cm³/mol. The van der Waals surface area contributed by atoms with E-state index in [9.17, 15) is 0 Å². The maximum Gasteiger partial charge on any atom is 0.126 e. The lowest BCUT2D eigenvalue weighted by atomic mass is 10.3. The van der Waals surface area contributed by atoms with Crippen molar-refractivity contribution in [1.82, 2.24) is 9.97 Å². The van der Waals surface area contributed by atoms with Gasteiger partial charge in [0, 0.05) is 22.8 Å². The second-order valence-electron chi connectivity index (χ2n) is 3.12. The maximum absolute atomic E-state index is 5.48. The van der Waals surface area contributed by atoms with Crippen LogP contribution in [0.5, 0.6) is 0 Å². The van der Waals surface area contributed by atoms with Gasteiger partial charge in [0.25, 0.3) is 0 Å². The fourth-order valence-corrected chi connectivity index (χ4v) is 1.81. The minimum Gasteiger partial charge on any atom is -0.389 e. The lowest BCUT2D eigenvalue weighted by Crippen LogP contribution is -2.10. The summed E-state index contributed by atoms with van der Waals surface area (Å²) in [7, 11) is 0. The number of nitrogens with one attached hydrogen (secondary N) is 1. The van der Waals surface area contributed by atoms with Crippen LogP contribution >= 0.6 is 23.6 Å². The van der Waals surface area contributed by atoms with Crippen molar-refractivity contribution >= 4 is 34.4 Å². The fraction of sp³-hybridized carbons (Fsp3) is 0.100. The molecule has 0 saturated carbocycles. The van der Waals surface area contributed by atoms with Crippen molar-refractivity contribution in [1.29, 1.82) is 0 Å². The highest BCUT2D eigenvalue weighted by atomic mass is 32.1. The molecule has 2 aromatic rings. The van der Waals surface area contributed by atoms with Gasteiger partial charge in [-0.25, -0.2) is 4.98 Å². The van der Waals surface area contributed by atoms with Gasteiger partial charge >= 0.3 is 0 Å². The molecule has 2 aromatic heterocycles. The van der Waals surface area contributed by atoms with E-state index in [-0.39, 0.29) is 0 Å². The summed E-state index contributed by atoms with van der Waals surface area (Å²) in [6, 6.07) is 3.71. The van der Waals surface area contributed by atoms with E-state index in [1.54, 1.807) is 23.0 Å². The standard InChI is InChI=1S/C10H10N4S2/c11-10(15)7-1-2-9(13-3-7)14-5-8-4-12-6-16-8/h1-4,6H,5H2,(H2,11,15)(H,13,14). The molecular formula is C10H10N4S2. The fourth-order valence-electron chi connectivity index (χ4n) is 1.15. The van der Waals surface area contributed by atoms with E-state index in [0.717, 1.165) is 17.9 Å². The molecule has 6 heteroatoms. The zero-order chi connectivity index (χ0) is 11.4. The molecule has 4 nitrogen and oxygen atoms in total. The van der Waals surface area contributed by atoms with Crippen LogP contribution in [0.4, 0.5) is 5.82 Å². The van der Waals surface area contributed by atoms with Crippen LogP contribution in [0.25, 0.3) is 0 Å². The summed E-state index contributed by atoms with van der Waals surface area (Å²) >= 11 is 6.45. The van der Waals surface area contributed by atoms with Crippen LogP contribution in [-0.2, 0) is 6.54 Å². The minimum atomic E-state index is 0.363. The number of thiocarbonyl (C=S) groups is 1.